The minimum Gasteiger partial charge on any atom is -0.379 e. The Morgan fingerprint density at radius 1 is 1.18 bits per heavy atom. The molecule has 0 spiro atoms. The summed E-state index contributed by atoms with van der Waals surface area (Å²) in [6, 6.07) is 10.5. The number of amides is 1. The third kappa shape index (κ3) is 5.93. The number of carbonyl (C=O) groups excluding carboxylic acids is 1. The number of benzene rings is 1. The molecule has 33 heavy (non-hydrogen) atoms. The highest BCUT2D eigenvalue weighted by Crippen LogP contribution is 2.35. The molecule has 2 saturated heterocycles. The molecule has 2 aliphatic heterocycles. The number of anilines is 1. The van der Waals surface area contributed by atoms with E-state index in [2.05, 4.69) is 21.9 Å². The van der Waals surface area contributed by atoms with Crippen LogP contribution in [0.3, 0.4) is 0 Å². The molecule has 180 valence electrons. The van der Waals surface area contributed by atoms with Crippen LogP contribution in [0.5, 0.6) is 0 Å². The van der Waals surface area contributed by atoms with Crippen molar-refractivity contribution in [1.29, 1.82) is 0 Å². The largest absolute Gasteiger partial charge is 0.379 e. The molecule has 0 unspecified atom stereocenters. The Labute approximate surface area is 196 Å². The van der Waals surface area contributed by atoms with Crippen LogP contribution >= 0.6 is 0 Å². The number of hydrogen-bond donors (Lipinski definition) is 0. The third-order valence-electron chi connectivity index (χ3n) is 6.64. The van der Waals surface area contributed by atoms with Crippen molar-refractivity contribution in [2.45, 2.75) is 38.8 Å². The van der Waals surface area contributed by atoms with Crippen LogP contribution in [0.4, 0.5) is 5.88 Å². The van der Waals surface area contributed by atoms with E-state index in [1.807, 2.05) is 35.2 Å². The molecule has 2 aromatic rings. The monoisotopic (exact) mass is 456 g/mol. The second-order valence-electron chi connectivity index (χ2n) is 8.92. The van der Waals surface area contributed by atoms with Crippen molar-refractivity contribution in [3.05, 3.63) is 35.9 Å². The number of rotatable bonds is 9. The Morgan fingerprint density at radius 2 is 1.97 bits per heavy atom. The van der Waals surface area contributed by atoms with E-state index >= 15 is 0 Å². The zero-order valence-electron chi connectivity index (χ0n) is 19.9. The van der Waals surface area contributed by atoms with E-state index in [4.69, 9.17) is 14.0 Å². The van der Waals surface area contributed by atoms with Crippen LogP contribution < -0.4 is 4.90 Å². The second-order valence-corrected chi connectivity index (χ2v) is 8.92. The van der Waals surface area contributed by atoms with Crippen molar-refractivity contribution in [3.63, 3.8) is 0 Å². The zero-order chi connectivity index (χ0) is 23.0. The summed E-state index contributed by atoms with van der Waals surface area (Å²) < 4.78 is 16.6. The van der Waals surface area contributed by atoms with E-state index in [1.54, 1.807) is 7.11 Å². The third-order valence-corrected chi connectivity index (χ3v) is 6.64. The first-order chi connectivity index (χ1) is 16.2. The number of piperidine rings is 1. The molecule has 0 radical (unpaired) electrons. The molecule has 2 fully saturated rings. The fourth-order valence-electron chi connectivity index (χ4n) is 4.68. The highest BCUT2D eigenvalue weighted by molar-refractivity contribution is 5.78. The van der Waals surface area contributed by atoms with Gasteiger partial charge < -0.3 is 23.8 Å². The zero-order valence-corrected chi connectivity index (χ0v) is 19.9. The lowest BCUT2D eigenvalue weighted by atomic mass is 10.0. The fourth-order valence-corrected chi connectivity index (χ4v) is 4.68. The molecule has 4 rings (SSSR count). The number of hydrogen-bond acceptors (Lipinski definition) is 7. The summed E-state index contributed by atoms with van der Waals surface area (Å²) in [6.45, 7) is 8.38. The Bertz CT molecular complexity index is 882. The van der Waals surface area contributed by atoms with Gasteiger partial charge in [-0.2, -0.15) is 0 Å². The summed E-state index contributed by atoms with van der Waals surface area (Å²) in [5.74, 6) is 0.770. The van der Waals surface area contributed by atoms with Gasteiger partial charge in [0.05, 0.1) is 25.3 Å². The lowest BCUT2D eigenvalue weighted by Crippen LogP contribution is -2.44. The Balaban J connectivity index is 1.62. The molecule has 0 bridgehead atoms. The van der Waals surface area contributed by atoms with Crippen molar-refractivity contribution in [3.8, 4) is 11.3 Å². The molecular weight excluding hydrogens is 420 g/mol. The van der Waals surface area contributed by atoms with E-state index in [0.29, 0.717) is 19.1 Å². The Morgan fingerprint density at radius 3 is 2.70 bits per heavy atom. The van der Waals surface area contributed by atoms with Gasteiger partial charge in [-0.3, -0.25) is 9.69 Å². The number of ether oxygens (including phenoxy) is 2. The maximum Gasteiger partial charge on any atom is 0.248 e. The molecule has 3 heterocycles. The van der Waals surface area contributed by atoms with E-state index in [9.17, 15) is 4.79 Å². The SMILES string of the molecule is COCC(=O)N(CCN1CCOCC1)Cc1c(-c2ccccc2)noc1N1CCCC[C@@H]1C. The van der Waals surface area contributed by atoms with Crippen LogP contribution in [0.25, 0.3) is 11.3 Å². The van der Waals surface area contributed by atoms with Crippen LogP contribution in [0.1, 0.15) is 31.7 Å². The van der Waals surface area contributed by atoms with E-state index in [1.165, 1.54) is 6.42 Å². The molecule has 0 N–H and O–H groups in total. The highest BCUT2D eigenvalue weighted by Gasteiger charge is 2.30. The van der Waals surface area contributed by atoms with Gasteiger partial charge in [0.2, 0.25) is 11.8 Å². The number of morpholine rings is 1. The van der Waals surface area contributed by atoms with Crippen LogP contribution in [0, 0.1) is 0 Å². The Hall–Kier alpha value is -2.42. The number of nitrogens with zero attached hydrogens (tertiary/aromatic N) is 4. The first kappa shape index (κ1) is 23.7. The molecule has 0 saturated carbocycles. The van der Waals surface area contributed by atoms with Crippen LogP contribution in [-0.4, -0.2) is 86.6 Å². The van der Waals surface area contributed by atoms with Crippen LogP contribution in [0.2, 0.25) is 0 Å². The number of methoxy groups -OCH3 is 1. The molecule has 1 atom stereocenters. The molecule has 1 aromatic heterocycles. The summed E-state index contributed by atoms with van der Waals surface area (Å²) >= 11 is 0. The van der Waals surface area contributed by atoms with Gasteiger partial charge >= 0.3 is 0 Å². The smallest absolute Gasteiger partial charge is 0.248 e. The summed E-state index contributed by atoms with van der Waals surface area (Å²) in [5.41, 5.74) is 2.78. The Kier molecular flexibility index (Phi) is 8.36. The number of carbonyl (C=O) groups is 1. The van der Waals surface area contributed by atoms with Crippen molar-refractivity contribution in [2.75, 3.05) is 64.6 Å². The van der Waals surface area contributed by atoms with Crippen LogP contribution in [-0.2, 0) is 20.8 Å². The molecule has 2 aliphatic rings. The molecule has 1 aromatic carbocycles. The van der Waals surface area contributed by atoms with Crippen molar-refractivity contribution in [1.82, 2.24) is 15.0 Å². The summed E-state index contributed by atoms with van der Waals surface area (Å²) in [4.78, 5) is 19.6. The van der Waals surface area contributed by atoms with Crippen molar-refractivity contribution in [2.24, 2.45) is 0 Å². The maximum absolute atomic E-state index is 13.0. The quantitative estimate of drug-likeness (QED) is 0.574. The minimum absolute atomic E-state index is 0.0244. The van der Waals surface area contributed by atoms with Gasteiger partial charge in [0.25, 0.3) is 0 Å². The van der Waals surface area contributed by atoms with Gasteiger partial charge in [-0.25, -0.2) is 0 Å². The fraction of sp³-hybridized carbons (Fsp3) is 0.600. The molecule has 8 nitrogen and oxygen atoms in total. The van der Waals surface area contributed by atoms with Gasteiger partial charge in [0, 0.05) is 51.4 Å². The first-order valence-corrected chi connectivity index (χ1v) is 12.0. The van der Waals surface area contributed by atoms with Gasteiger partial charge in [-0.15, -0.1) is 0 Å². The molecule has 8 heteroatoms. The average molecular weight is 457 g/mol. The van der Waals surface area contributed by atoms with Gasteiger partial charge in [0.15, 0.2) is 0 Å². The minimum atomic E-state index is -0.0244. The van der Waals surface area contributed by atoms with Crippen molar-refractivity contribution >= 4 is 11.8 Å². The van der Waals surface area contributed by atoms with Crippen molar-refractivity contribution < 1.29 is 18.8 Å². The average Bonchev–Trinajstić information content (AvgIpc) is 3.26. The lowest BCUT2D eigenvalue weighted by Gasteiger charge is -2.34. The molecule has 0 aliphatic carbocycles. The second kappa shape index (κ2) is 11.6. The van der Waals surface area contributed by atoms with E-state index < -0.39 is 0 Å². The van der Waals surface area contributed by atoms with Gasteiger partial charge in [-0.05, 0) is 26.2 Å². The summed E-state index contributed by atoms with van der Waals surface area (Å²) in [7, 11) is 1.56. The topological polar surface area (TPSA) is 71.3 Å². The molecule has 1 amide bonds. The predicted molar refractivity (Wildman–Crippen MR) is 127 cm³/mol. The van der Waals surface area contributed by atoms with E-state index in [0.717, 1.165) is 74.9 Å². The summed E-state index contributed by atoms with van der Waals surface area (Å²) in [5, 5.41) is 4.49. The summed E-state index contributed by atoms with van der Waals surface area (Å²) in [6.07, 6.45) is 3.49. The predicted octanol–water partition coefficient (Wildman–Crippen LogP) is 3.03. The maximum atomic E-state index is 13.0. The standard InChI is InChI=1S/C25H36N4O4/c1-20-8-6-7-11-29(20)25-22(24(26-33-25)21-9-4-3-5-10-21)18-28(23(30)19-31-2)13-12-27-14-16-32-17-15-27/h3-5,9-10,20H,6-8,11-19H2,1-2H3/t20-/m0/s1. The first-order valence-electron chi connectivity index (χ1n) is 12.0. The van der Waals surface area contributed by atoms with Crippen LogP contribution in [0.15, 0.2) is 34.9 Å². The van der Waals surface area contributed by atoms with E-state index in [-0.39, 0.29) is 12.5 Å². The molecular formula is C25H36N4O4. The normalized spacial score (nSPS) is 19.6. The number of aromatic nitrogens is 1. The lowest BCUT2D eigenvalue weighted by molar-refractivity contribution is -0.136. The highest BCUT2D eigenvalue weighted by atomic mass is 16.5. The van der Waals surface area contributed by atoms with Gasteiger partial charge in [0.1, 0.15) is 12.3 Å². The van der Waals surface area contributed by atoms with Gasteiger partial charge in [-0.1, -0.05) is 35.5 Å².